The summed E-state index contributed by atoms with van der Waals surface area (Å²) < 4.78 is 0. The minimum atomic E-state index is -0.745. The van der Waals surface area contributed by atoms with Crippen LogP contribution in [-0.2, 0) is 9.59 Å². The number of hydrogen-bond acceptors (Lipinski definition) is 2. The van der Waals surface area contributed by atoms with Crippen molar-refractivity contribution in [2.75, 3.05) is 0 Å². The van der Waals surface area contributed by atoms with E-state index in [1.165, 1.54) is 11.1 Å². The van der Waals surface area contributed by atoms with Crippen molar-refractivity contribution in [3.8, 4) is 11.1 Å². The lowest BCUT2D eigenvalue weighted by Gasteiger charge is -1.98. The van der Waals surface area contributed by atoms with E-state index in [2.05, 4.69) is 48.5 Å². The SMILES string of the molecule is CCC(=O)O.CCC(=O)O.c1ccc(-c2ccccc2)cc1. The number of carboxylic acid groups (broad SMARTS) is 2. The fourth-order valence-electron chi connectivity index (χ4n) is 1.26. The van der Waals surface area contributed by atoms with Crippen LogP contribution in [0.25, 0.3) is 11.1 Å². The van der Waals surface area contributed by atoms with Crippen molar-refractivity contribution < 1.29 is 19.8 Å². The molecule has 0 amide bonds. The Balaban J connectivity index is 0.000000372. The molecule has 0 radical (unpaired) electrons. The molecule has 4 heteroatoms. The standard InChI is InChI=1S/C12H10.2C3H6O2/c1-3-7-11(8-4-1)12-9-5-2-6-10-12;2*1-2-3(4)5/h1-10H;2*2H2,1H3,(H,4,5). The molecule has 0 unspecified atom stereocenters. The third-order valence-electron chi connectivity index (χ3n) is 2.49. The quantitative estimate of drug-likeness (QED) is 0.885. The van der Waals surface area contributed by atoms with Crippen molar-refractivity contribution in [3.63, 3.8) is 0 Å². The summed E-state index contributed by atoms with van der Waals surface area (Å²) in [4.78, 5) is 18.7. The highest BCUT2D eigenvalue weighted by Gasteiger charge is 1.91. The Hall–Kier alpha value is -2.62. The normalized spacial score (nSPS) is 8.64. The predicted molar refractivity (Wildman–Crippen MR) is 87.7 cm³/mol. The summed E-state index contributed by atoms with van der Waals surface area (Å²) in [5.74, 6) is -1.49. The van der Waals surface area contributed by atoms with E-state index in [0.29, 0.717) is 0 Å². The van der Waals surface area contributed by atoms with E-state index >= 15 is 0 Å². The average molecular weight is 302 g/mol. The van der Waals surface area contributed by atoms with Gasteiger partial charge in [-0.1, -0.05) is 74.5 Å². The van der Waals surface area contributed by atoms with Crippen LogP contribution in [0, 0.1) is 0 Å². The molecule has 0 bridgehead atoms. The summed E-state index contributed by atoms with van der Waals surface area (Å²) in [5.41, 5.74) is 2.55. The Bertz CT molecular complexity index is 484. The van der Waals surface area contributed by atoms with Crippen LogP contribution in [-0.4, -0.2) is 22.2 Å². The molecule has 0 aliphatic carbocycles. The van der Waals surface area contributed by atoms with Crippen LogP contribution in [0.15, 0.2) is 60.7 Å². The zero-order valence-corrected chi connectivity index (χ0v) is 12.9. The van der Waals surface area contributed by atoms with Crippen LogP contribution < -0.4 is 0 Å². The van der Waals surface area contributed by atoms with Gasteiger partial charge in [0.05, 0.1) is 0 Å². The van der Waals surface area contributed by atoms with E-state index in [1.54, 1.807) is 13.8 Å². The largest absolute Gasteiger partial charge is 0.481 e. The lowest BCUT2D eigenvalue weighted by atomic mass is 10.1. The molecule has 22 heavy (non-hydrogen) atoms. The molecular weight excluding hydrogens is 280 g/mol. The highest BCUT2D eigenvalue weighted by molar-refractivity contribution is 5.66. The van der Waals surface area contributed by atoms with Gasteiger partial charge in [-0.2, -0.15) is 0 Å². The van der Waals surface area contributed by atoms with Crippen LogP contribution in [0.3, 0.4) is 0 Å². The van der Waals surface area contributed by atoms with Gasteiger partial charge in [-0.05, 0) is 11.1 Å². The van der Waals surface area contributed by atoms with Gasteiger partial charge in [0.2, 0.25) is 0 Å². The Morgan fingerprint density at radius 3 is 1.09 bits per heavy atom. The van der Waals surface area contributed by atoms with E-state index in [9.17, 15) is 9.59 Å². The highest BCUT2D eigenvalue weighted by atomic mass is 16.4. The molecular formula is C18H22O4. The van der Waals surface area contributed by atoms with E-state index < -0.39 is 11.9 Å². The number of rotatable bonds is 3. The Kier molecular flexibility index (Phi) is 10.7. The lowest BCUT2D eigenvalue weighted by molar-refractivity contribution is -0.137. The van der Waals surface area contributed by atoms with Crippen LogP contribution in [0.2, 0.25) is 0 Å². The number of benzene rings is 2. The summed E-state index contributed by atoms with van der Waals surface area (Å²) in [7, 11) is 0. The van der Waals surface area contributed by atoms with Crippen molar-refractivity contribution in [1.82, 2.24) is 0 Å². The predicted octanol–water partition coefficient (Wildman–Crippen LogP) is 4.32. The first-order valence-electron chi connectivity index (χ1n) is 7.05. The van der Waals surface area contributed by atoms with E-state index in [1.807, 2.05) is 12.1 Å². The number of carbonyl (C=O) groups is 2. The van der Waals surface area contributed by atoms with Gasteiger partial charge >= 0.3 is 11.9 Å². The summed E-state index contributed by atoms with van der Waals surface area (Å²) in [6.45, 7) is 3.20. The monoisotopic (exact) mass is 302 g/mol. The minimum Gasteiger partial charge on any atom is -0.481 e. The molecule has 0 heterocycles. The van der Waals surface area contributed by atoms with Gasteiger partial charge in [0.15, 0.2) is 0 Å². The number of aliphatic carboxylic acids is 2. The van der Waals surface area contributed by atoms with Gasteiger partial charge in [-0.3, -0.25) is 9.59 Å². The van der Waals surface area contributed by atoms with Crippen molar-refractivity contribution in [2.45, 2.75) is 26.7 Å². The van der Waals surface area contributed by atoms with Crippen molar-refractivity contribution in [3.05, 3.63) is 60.7 Å². The van der Waals surface area contributed by atoms with Gasteiger partial charge in [-0.25, -0.2) is 0 Å². The molecule has 0 saturated carbocycles. The Labute approximate surface area is 131 Å². The zero-order valence-electron chi connectivity index (χ0n) is 12.9. The van der Waals surface area contributed by atoms with Gasteiger partial charge in [0.25, 0.3) is 0 Å². The van der Waals surface area contributed by atoms with Crippen LogP contribution in [0.4, 0.5) is 0 Å². The topological polar surface area (TPSA) is 74.6 Å². The summed E-state index contributed by atoms with van der Waals surface area (Å²) in [6, 6.07) is 20.8. The second-order valence-electron chi connectivity index (χ2n) is 4.23. The Morgan fingerprint density at radius 2 is 0.909 bits per heavy atom. The second kappa shape index (κ2) is 12.1. The molecule has 0 aromatic heterocycles. The molecule has 4 nitrogen and oxygen atoms in total. The maximum absolute atomic E-state index is 9.37. The molecule has 0 spiro atoms. The minimum absolute atomic E-state index is 0.222. The summed E-state index contributed by atoms with van der Waals surface area (Å²) in [5, 5.41) is 15.4. The molecule has 2 rings (SSSR count). The first kappa shape index (κ1) is 19.4. The van der Waals surface area contributed by atoms with Crippen molar-refractivity contribution >= 4 is 11.9 Å². The van der Waals surface area contributed by atoms with E-state index in [0.717, 1.165) is 0 Å². The molecule has 0 aliphatic heterocycles. The zero-order chi connectivity index (χ0) is 16.8. The first-order valence-corrected chi connectivity index (χ1v) is 7.05. The molecule has 2 aromatic carbocycles. The maximum atomic E-state index is 9.37. The number of hydrogen-bond donors (Lipinski definition) is 2. The average Bonchev–Trinajstić information content (AvgIpc) is 2.57. The van der Waals surface area contributed by atoms with Crippen molar-refractivity contribution in [1.29, 1.82) is 0 Å². The molecule has 2 aromatic rings. The van der Waals surface area contributed by atoms with Gasteiger partial charge in [-0.15, -0.1) is 0 Å². The third kappa shape index (κ3) is 10.2. The highest BCUT2D eigenvalue weighted by Crippen LogP contribution is 2.17. The van der Waals surface area contributed by atoms with Crippen LogP contribution in [0.5, 0.6) is 0 Å². The fourth-order valence-corrected chi connectivity index (χ4v) is 1.26. The second-order valence-corrected chi connectivity index (χ2v) is 4.23. The van der Waals surface area contributed by atoms with Crippen molar-refractivity contribution in [2.24, 2.45) is 0 Å². The molecule has 0 fully saturated rings. The molecule has 0 aliphatic rings. The Morgan fingerprint density at radius 1 is 0.682 bits per heavy atom. The lowest BCUT2D eigenvalue weighted by Crippen LogP contribution is -1.86. The maximum Gasteiger partial charge on any atom is 0.303 e. The molecule has 2 N–H and O–H groups in total. The van der Waals surface area contributed by atoms with Gasteiger partial charge in [0, 0.05) is 12.8 Å². The fraction of sp³-hybridized carbons (Fsp3) is 0.222. The smallest absolute Gasteiger partial charge is 0.303 e. The molecule has 118 valence electrons. The number of carboxylic acids is 2. The third-order valence-corrected chi connectivity index (χ3v) is 2.49. The van der Waals surface area contributed by atoms with Gasteiger partial charge in [0.1, 0.15) is 0 Å². The van der Waals surface area contributed by atoms with E-state index in [4.69, 9.17) is 10.2 Å². The van der Waals surface area contributed by atoms with Crippen LogP contribution >= 0.6 is 0 Å². The molecule has 0 saturated heterocycles. The first-order chi connectivity index (χ1) is 10.5. The summed E-state index contributed by atoms with van der Waals surface area (Å²) in [6.07, 6.45) is 0.444. The van der Waals surface area contributed by atoms with E-state index in [-0.39, 0.29) is 12.8 Å². The summed E-state index contributed by atoms with van der Waals surface area (Å²) >= 11 is 0. The molecule has 0 atom stereocenters. The van der Waals surface area contributed by atoms with Crippen LogP contribution in [0.1, 0.15) is 26.7 Å². The van der Waals surface area contributed by atoms with Gasteiger partial charge < -0.3 is 10.2 Å².